The molecule has 0 bridgehead atoms. The molecule has 3 nitrogen and oxygen atoms in total. The maximum atomic E-state index is 13.1. The molecule has 0 aromatic carbocycles. The van der Waals surface area contributed by atoms with E-state index in [-0.39, 0.29) is 11.7 Å². The molecule has 1 N–H and O–H groups in total. The monoisotopic (exact) mass is 280 g/mol. The van der Waals surface area contributed by atoms with Crippen molar-refractivity contribution in [2.45, 2.75) is 90.9 Å². The van der Waals surface area contributed by atoms with E-state index in [0.717, 1.165) is 25.7 Å². The zero-order chi connectivity index (χ0) is 14.9. The van der Waals surface area contributed by atoms with Gasteiger partial charge in [0.05, 0.1) is 11.7 Å². The van der Waals surface area contributed by atoms with Gasteiger partial charge in [-0.3, -0.25) is 10.1 Å². The number of rotatable bonds is 5. The van der Waals surface area contributed by atoms with E-state index in [0.29, 0.717) is 23.8 Å². The third-order valence-electron chi connectivity index (χ3n) is 5.12. The quantitative estimate of drug-likeness (QED) is 0.835. The van der Waals surface area contributed by atoms with E-state index in [2.05, 4.69) is 44.8 Å². The van der Waals surface area contributed by atoms with Crippen LogP contribution >= 0.6 is 0 Å². The lowest BCUT2D eigenvalue weighted by Crippen LogP contribution is -2.47. The summed E-state index contributed by atoms with van der Waals surface area (Å²) in [5, 5.41) is 3.74. The first kappa shape index (κ1) is 15.8. The summed E-state index contributed by atoms with van der Waals surface area (Å²) in [5.41, 5.74) is -0.220. The Balaban J connectivity index is 2.26. The van der Waals surface area contributed by atoms with Crippen LogP contribution in [0.5, 0.6) is 0 Å². The molecule has 1 saturated heterocycles. The number of hydrogen-bond acceptors (Lipinski definition) is 2. The molecular formula is C17H32N2O. The van der Waals surface area contributed by atoms with Crippen LogP contribution in [-0.4, -0.2) is 28.6 Å². The highest BCUT2D eigenvalue weighted by Crippen LogP contribution is 2.39. The summed E-state index contributed by atoms with van der Waals surface area (Å²) in [5.74, 6) is 1.53. The molecule has 2 aliphatic rings. The lowest BCUT2D eigenvalue weighted by molar-refractivity contribution is -0.136. The van der Waals surface area contributed by atoms with Crippen molar-refractivity contribution in [3.05, 3.63) is 0 Å². The van der Waals surface area contributed by atoms with Gasteiger partial charge in [0.1, 0.15) is 0 Å². The van der Waals surface area contributed by atoms with Gasteiger partial charge in [-0.25, -0.2) is 0 Å². The van der Waals surface area contributed by atoms with Crippen molar-refractivity contribution in [2.75, 3.05) is 0 Å². The first-order valence-electron chi connectivity index (χ1n) is 8.51. The maximum Gasteiger partial charge on any atom is 0.244 e. The summed E-state index contributed by atoms with van der Waals surface area (Å²) in [7, 11) is 0. The van der Waals surface area contributed by atoms with Gasteiger partial charge in [-0.15, -0.1) is 0 Å². The Kier molecular flexibility index (Phi) is 4.78. The average molecular weight is 280 g/mol. The van der Waals surface area contributed by atoms with Gasteiger partial charge < -0.3 is 4.90 Å². The van der Waals surface area contributed by atoms with E-state index in [9.17, 15) is 4.79 Å². The van der Waals surface area contributed by atoms with Gasteiger partial charge in [0.15, 0.2) is 0 Å². The fraction of sp³-hybridized carbons (Fsp3) is 0.941. The SMILES string of the molecule is CCC(C(C)C)N1C(=O)C2(CCCC2)NC1CC(C)C. The average Bonchev–Trinajstić information content (AvgIpc) is 2.91. The molecule has 0 aromatic rings. The Labute approximate surface area is 124 Å². The normalized spacial score (nSPS) is 27.2. The lowest BCUT2D eigenvalue weighted by atomic mass is 9.95. The Morgan fingerprint density at radius 3 is 2.30 bits per heavy atom. The smallest absolute Gasteiger partial charge is 0.244 e. The molecule has 1 saturated carbocycles. The van der Waals surface area contributed by atoms with Crippen LogP contribution in [0.25, 0.3) is 0 Å². The summed E-state index contributed by atoms with van der Waals surface area (Å²) >= 11 is 0. The van der Waals surface area contributed by atoms with Gasteiger partial charge in [0.25, 0.3) is 0 Å². The van der Waals surface area contributed by atoms with E-state index in [1.165, 1.54) is 12.8 Å². The molecule has 1 spiro atoms. The second-order valence-corrected chi connectivity index (χ2v) is 7.51. The minimum atomic E-state index is -0.220. The van der Waals surface area contributed by atoms with E-state index >= 15 is 0 Å². The molecule has 0 radical (unpaired) electrons. The summed E-state index contributed by atoms with van der Waals surface area (Å²) in [6, 6.07) is 0.374. The molecule has 2 rings (SSSR count). The van der Waals surface area contributed by atoms with Crippen LogP contribution in [-0.2, 0) is 4.79 Å². The molecule has 1 amide bonds. The Bertz CT molecular complexity index is 345. The van der Waals surface area contributed by atoms with Gasteiger partial charge in [0, 0.05) is 6.04 Å². The van der Waals surface area contributed by atoms with Crippen LogP contribution in [0.2, 0.25) is 0 Å². The van der Waals surface area contributed by atoms with Crippen molar-refractivity contribution in [3.8, 4) is 0 Å². The molecule has 20 heavy (non-hydrogen) atoms. The Morgan fingerprint density at radius 1 is 1.25 bits per heavy atom. The van der Waals surface area contributed by atoms with Crippen LogP contribution in [0.4, 0.5) is 0 Å². The van der Waals surface area contributed by atoms with Crippen molar-refractivity contribution in [1.29, 1.82) is 0 Å². The van der Waals surface area contributed by atoms with E-state index in [1.54, 1.807) is 0 Å². The van der Waals surface area contributed by atoms with Crippen LogP contribution in [0, 0.1) is 11.8 Å². The Morgan fingerprint density at radius 2 is 1.85 bits per heavy atom. The predicted octanol–water partition coefficient (Wildman–Crippen LogP) is 3.54. The van der Waals surface area contributed by atoms with Gasteiger partial charge in [-0.1, -0.05) is 47.5 Å². The summed E-state index contributed by atoms with van der Waals surface area (Å²) < 4.78 is 0. The highest BCUT2D eigenvalue weighted by atomic mass is 16.2. The third kappa shape index (κ3) is 2.74. The fourth-order valence-electron chi connectivity index (χ4n) is 4.17. The van der Waals surface area contributed by atoms with Gasteiger partial charge in [-0.05, 0) is 37.5 Å². The minimum absolute atomic E-state index is 0.220. The molecule has 3 heteroatoms. The lowest BCUT2D eigenvalue weighted by Gasteiger charge is -2.35. The number of hydrogen-bond donors (Lipinski definition) is 1. The van der Waals surface area contributed by atoms with Crippen molar-refractivity contribution in [2.24, 2.45) is 11.8 Å². The highest BCUT2D eigenvalue weighted by Gasteiger charge is 2.53. The third-order valence-corrected chi connectivity index (χ3v) is 5.12. The molecule has 2 unspecified atom stereocenters. The summed E-state index contributed by atoms with van der Waals surface area (Å²) in [6.45, 7) is 11.2. The second kappa shape index (κ2) is 6.05. The number of amides is 1. The van der Waals surface area contributed by atoms with E-state index in [1.807, 2.05) is 0 Å². The van der Waals surface area contributed by atoms with Crippen LogP contribution in [0.1, 0.15) is 73.1 Å². The molecule has 1 heterocycles. The summed E-state index contributed by atoms with van der Waals surface area (Å²) in [4.78, 5) is 15.3. The fourth-order valence-corrected chi connectivity index (χ4v) is 4.17. The van der Waals surface area contributed by atoms with Crippen molar-refractivity contribution in [3.63, 3.8) is 0 Å². The second-order valence-electron chi connectivity index (χ2n) is 7.51. The molecule has 1 aliphatic carbocycles. The van der Waals surface area contributed by atoms with Gasteiger partial charge >= 0.3 is 0 Å². The van der Waals surface area contributed by atoms with E-state index < -0.39 is 0 Å². The van der Waals surface area contributed by atoms with Crippen molar-refractivity contribution >= 4 is 5.91 Å². The van der Waals surface area contributed by atoms with Crippen LogP contribution in [0.15, 0.2) is 0 Å². The Hall–Kier alpha value is -0.570. The topological polar surface area (TPSA) is 32.3 Å². The molecule has 2 fully saturated rings. The maximum absolute atomic E-state index is 13.1. The minimum Gasteiger partial charge on any atom is -0.322 e. The highest BCUT2D eigenvalue weighted by molar-refractivity contribution is 5.89. The first-order chi connectivity index (χ1) is 9.41. The first-order valence-corrected chi connectivity index (χ1v) is 8.51. The zero-order valence-electron chi connectivity index (χ0n) is 13.9. The van der Waals surface area contributed by atoms with E-state index in [4.69, 9.17) is 0 Å². The van der Waals surface area contributed by atoms with Crippen LogP contribution in [0.3, 0.4) is 0 Å². The number of carbonyl (C=O) groups is 1. The number of nitrogens with zero attached hydrogens (tertiary/aromatic N) is 1. The molecule has 0 aromatic heterocycles. The number of carbonyl (C=O) groups excluding carboxylic acids is 1. The largest absolute Gasteiger partial charge is 0.322 e. The zero-order valence-corrected chi connectivity index (χ0v) is 13.9. The van der Waals surface area contributed by atoms with Crippen molar-refractivity contribution < 1.29 is 4.79 Å². The van der Waals surface area contributed by atoms with Gasteiger partial charge in [-0.2, -0.15) is 0 Å². The molecule has 1 aliphatic heterocycles. The standard InChI is InChI=1S/C17H32N2O/c1-6-14(13(4)5)19-15(11-12(2)3)18-17(16(19)20)9-7-8-10-17/h12-15,18H,6-11H2,1-5H3. The molecule has 116 valence electrons. The van der Waals surface area contributed by atoms with Crippen LogP contribution < -0.4 is 5.32 Å². The summed E-state index contributed by atoms with van der Waals surface area (Å²) in [6.07, 6.45) is 6.82. The molecular weight excluding hydrogens is 248 g/mol. The molecule has 2 atom stereocenters. The predicted molar refractivity (Wildman–Crippen MR) is 83.3 cm³/mol. The van der Waals surface area contributed by atoms with Crippen molar-refractivity contribution in [1.82, 2.24) is 10.2 Å². The van der Waals surface area contributed by atoms with Gasteiger partial charge in [0.2, 0.25) is 5.91 Å². The number of nitrogens with one attached hydrogen (secondary N) is 1.